The van der Waals surface area contributed by atoms with Crippen molar-refractivity contribution in [3.05, 3.63) is 24.3 Å². The number of rotatable bonds is 15. The molecule has 9 nitrogen and oxygen atoms in total. The molecule has 0 saturated carbocycles. The first-order chi connectivity index (χ1) is 13.4. The minimum atomic E-state index is -0.853. The van der Waals surface area contributed by atoms with Crippen molar-refractivity contribution in [2.75, 3.05) is 62.3 Å². The van der Waals surface area contributed by atoms with E-state index in [4.69, 9.17) is 29.8 Å². The van der Waals surface area contributed by atoms with Gasteiger partial charge >= 0.3 is 5.97 Å². The van der Waals surface area contributed by atoms with Crippen LogP contribution in [0.1, 0.15) is 6.42 Å². The molecule has 0 radical (unpaired) electrons. The van der Waals surface area contributed by atoms with Crippen LogP contribution in [0.5, 0.6) is 0 Å². The van der Waals surface area contributed by atoms with Crippen LogP contribution in [-0.2, 0) is 23.7 Å². The molecule has 0 aromatic rings. The first-order valence-corrected chi connectivity index (χ1v) is 9.08. The molecule has 2 unspecified atom stereocenters. The summed E-state index contributed by atoms with van der Waals surface area (Å²) < 4.78 is 20.6. The molecule has 0 aliphatic carbocycles. The Morgan fingerprint density at radius 1 is 0.929 bits per heavy atom. The van der Waals surface area contributed by atoms with Gasteiger partial charge in [0.2, 0.25) is 0 Å². The topological polar surface area (TPSA) is 124 Å². The Balaban J connectivity index is 0. The number of ether oxygens (including phenoxy) is 4. The second kappa shape index (κ2) is 20.4. The number of likely N-dealkylation sites (N-methyl/N-ethyl adjacent to an activating group) is 2. The number of methoxy groups -OCH3 is 4. The van der Waals surface area contributed by atoms with Gasteiger partial charge < -0.3 is 40.4 Å². The molecular weight excluding hydrogens is 366 g/mol. The van der Waals surface area contributed by atoms with Crippen LogP contribution >= 0.6 is 0 Å². The monoisotopic (exact) mass is 405 g/mol. The van der Waals surface area contributed by atoms with E-state index < -0.39 is 5.97 Å². The maximum Gasteiger partial charge on any atom is 0.307 e. The molecule has 166 valence electrons. The van der Waals surface area contributed by atoms with E-state index in [1.54, 1.807) is 47.6 Å². The number of hydrogen-bond donors (Lipinski definition) is 4. The van der Waals surface area contributed by atoms with Crippen molar-refractivity contribution in [2.24, 2.45) is 5.73 Å². The quantitative estimate of drug-likeness (QED) is 0.279. The van der Waals surface area contributed by atoms with Crippen LogP contribution in [-0.4, -0.2) is 97.7 Å². The third-order valence-corrected chi connectivity index (χ3v) is 3.85. The van der Waals surface area contributed by atoms with Crippen molar-refractivity contribution < 1.29 is 28.8 Å². The number of nitrogens with two attached hydrogens (primary N) is 1. The fraction of sp³-hybridized carbons (Fsp3) is 0.737. The molecule has 9 heteroatoms. The Hall–Kier alpha value is -1.33. The number of carboxylic acids is 1. The minimum Gasteiger partial charge on any atom is -0.481 e. The second-order valence-corrected chi connectivity index (χ2v) is 5.79. The molecule has 0 spiro atoms. The van der Waals surface area contributed by atoms with E-state index in [1.807, 2.05) is 19.2 Å². The van der Waals surface area contributed by atoms with Gasteiger partial charge in [-0.3, -0.25) is 4.79 Å². The summed E-state index contributed by atoms with van der Waals surface area (Å²) in [6, 6.07) is 0.183. The normalized spacial score (nSPS) is 15.8. The number of carbonyl (C=O) groups is 1. The summed E-state index contributed by atoms with van der Waals surface area (Å²) in [4.78, 5) is 10.3. The summed E-state index contributed by atoms with van der Waals surface area (Å²) in [6.45, 7) is 1.65. The fourth-order valence-corrected chi connectivity index (χ4v) is 2.31. The lowest BCUT2D eigenvalue weighted by Gasteiger charge is -2.22. The molecule has 0 bridgehead atoms. The van der Waals surface area contributed by atoms with Crippen LogP contribution in [0.4, 0.5) is 0 Å². The summed E-state index contributed by atoms with van der Waals surface area (Å²) >= 11 is 0. The van der Waals surface area contributed by atoms with Gasteiger partial charge in [0.25, 0.3) is 0 Å². The Labute approximate surface area is 169 Å². The molecule has 0 aliphatic heterocycles. The largest absolute Gasteiger partial charge is 0.481 e. The summed E-state index contributed by atoms with van der Waals surface area (Å²) in [5.41, 5.74) is 5.35. The predicted molar refractivity (Wildman–Crippen MR) is 111 cm³/mol. The number of carboxylic acid groups (broad SMARTS) is 1. The molecule has 0 saturated heterocycles. The third kappa shape index (κ3) is 14.7. The van der Waals surface area contributed by atoms with Crippen LogP contribution < -0.4 is 16.4 Å². The highest BCUT2D eigenvalue weighted by atomic mass is 16.5. The van der Waals surface area contributed by atoms with Gasteiger partial charge in [0.1, 0.15) is 0 Å². The minimum absolute atomic E-state index is 0.00325. The maximum atomic E-state index is 10.3. The molecule has 0 heterocycles. The summed E-state index contributed by atoms with van der Waals surface area (Å²) in [6.07, 6.45) is 6.96. The average Bonchev–Trinajstić information content (AvgIpc) is 2.69. The van der Waals surface area contributed by atoms with Crippen LogP contribution in [0, 0.1) is 0 Å². The highest BCUT2D eigenvalue weighted by Gasteiger charge is 2.16. The van der Waals surface area contributed by atoms with Crippen molar-refractivity contribution in [1.82, 2.24) is 10.6 Å². The van der Waals surface area contributed by atoms with E-state index in [-0.39, 0.29) is 30.7 Å². The first-order valence-electron chi connectivity index (χ1n) is 9.08. The van der Waals surface area contributed by atoms with Gasteiger partial charge in [-0.2, -0.15) is 0 Å². The van der Waals surface area contributed by atoms with E-state index in [2.05, 4.69) is 10.6 Å². The van der Waals surface area contributed by atoms with Gasteiger partial charge in [0, 0.05) is 35.0 Å². The van der Waals surface area contributed by atoms with E-state index in [1.165, 1.54) is 0 Å². The molecule has 0 aromatic carbocycles. The van der Waals surface area contributed by atoms with E-state index in [0.717, 1.165) is 0 Å². The molecule has 0 rings (SSSR count). The number of nitrogens with one attached hydrogen (secondary N) is 2. The van der Waals surface area contributed by atoms with Gasteiger partial charge in [-0.05, 0) is 14.1 Å². The zero-order chi connectivity index (χ0) is 21.8. The molecular formula is C19H39N3O6. The zero-order valence-electron chi connectivity index (χ0n) is 18.0. The first kappa shape index (κ1) is 28.9. The third-order valence-electron chi connectivity index (χ3n) is 3.85. The summed E-state index contributed by atoms with van der Waals surface area (Å²) in [7, 11) is 10.2. The average molecular weight is 406 g/mol. The lowest BCUT2D eigenvalue weighted by Crippen LogP contribution is -2.41. The standard InChI is InChI=1S/C10H19NO4.C9H20N2O2/c1-11-8(7-14-2)9(15-3)5-4-6-10(12)13;1-11-8(7-12-2)9(13-3)5-4-6-10/h4-5,8-9,11H,6-7H2,1-3H3,(H,12,13);4-5,8-9,11H,6-7,10H2,1-3H3/b2*5-4+/t2*8?,9-/m11/s1. The predicted octanol–water partition coefficient (Wildman–Crippen LogP) is 0.0174. The molecule has 0 aliphatic rings. The van der Waals surface area contributed by atoms with Crippen molar-refractivity contribution >= 4 is 5.97 Å². The molecule has 0 amide bonds. The van der Waals surface area contributed by atoms with Crippen LogP contribution in [0.15, 0.2) is 24.3 Å². The van der Waals surface area contributed by atoms with Crippen LogP contribution in [0.25, 0.3) is 0 Å². The van der Waals surface area contributed by atoms with Gasteiger partial charge in [-0.25, -0.2) is 0 Å². The van der Waals surface area contributed by atoms with E-state index in [0.29, 0.717) is 19.8 Å². The number of hydrogen-bond acceptors (Lipinski definition) is 8. The Bertz CT molecular complexity index is 420. The van der Waals surface area contributed by atoms with Crippen molar-refractivity contribution in [1.29, 1.82) is 0 Å². The van der Waals surface area contributed by atoms with Crippen LogP contribution in [0.3, 0.4) is 0 Å². The van der Waals surface area contributed by atoms with Crippen molar-refractivity contribution in [3.8, 4) is 0 Å². The van der Waals surface area contributed by atoms with Gasteiger partial charge in [-0.1, -0.05) is 24.3 Å². The van der Waals surface area contributed by atoms with Crippen LogP contribution in [0.2, 0.25) is 0 Å². The van der Waals surface area contributed by atoms with Crippen molar-refractivity contribution in [2.45, 2.75) is 30.7 Å². The van der Waals surface area contributed by atoms with Crippen molar-refractivity contribution in [3.63, 3.8) is 0 Å². The molecule has 4 atom stereocenters. The molecule has 5 N–H and O–H groups in total. The molecule has 28 heavy (non-hydrogen) atoms. The van der Waals surface area contributed by atoms with Gasteiger partial charge in [-0.15, -0.1) is 0 Å². The lowest BCUT2D eigenvalue weighted by molar-refractivity contribution is -0.136. The smallest absolute Gasteiger partial charge is 0.307 e. The Kier molecular flexibility index (Phi) is 21.0. The molecule has 0 aromatic heterocycles. The zero-order valence-corrected chi connectivity index (χ0v) is 18.0. The summed E-state index contributed by atoms with van der Waals surface area (Å²) in [5, 5.41) is 14.6. The SMILES string of the molecule is CNC(COC)[C@@H](/C=C/CC(=O)O)OC.CNC(COC)[C@@H](/C=C/CN)OC. The fourth-order valence-electron chi connectivity index (χ4n) is 2.31. The van der Waals surface area contributed by atoms with E-state index in [9.17, 15) is 4.79 Å². The second-order valence-electron chi connectivity index (χ2n) is 5.79. The summed E-state index contributed by atoms with van der Waals surface area (Å²) in [5.74, 6) is -0.853. The highest BCUT2D eigenvalue weighted by Crippen LogP contribution is 2.02. The maximum absolute atomic E-state index is 10.3. The Morgan fingerprint density at radius 3 is 1.64 bits per heavy atom. The molecule has 0 fully saturated rings. The Morgan fingerprint density at radius 2 is 1.36 bits per heavy atom. The lowest BCUT2D eigenvalue weighted by atomic mass is 10.1. The van der Waals surface area contributed by atoms with Gasteiger partial charge in [0.15, 0.2) is 0 Å². The highest BCUT2D eigenvalue weighted by molar-refractivity contribution is 5.68. The van der Waals surface area contributed by atoms with Gasteiger partial charge in [0.05, 0.1) is 43.9 Å². The number of aliphatic carboxylic acids is 1. The van der Waals surface area contributed by atoms with E-state index >= 15 is 0 Å².